The van der Waals surface area contributed by atoms with Crippen molar-refractivity contribution < 1.29 is 24.0 Å². The van der Waals surface area contributed by atoms with Crippen molar-refractivity contribution in [3.8, 4) is 0 Å². The second-order valence-electron chi connectivity index (χ2n) is 7.11. The topological polar surface area (TPSA) is 131 Å². The number of nitrogens with one attached hydrogen (secondary N) is 2. The van der Waals surface area contributed by atoms with Gasteiger partial charge in [-0.2, -0.15) is 0 Å². The van der Waals surface area contributed by atoms with Crippen molar-refractivity contribution in [2.75, 3.05) is 31.1 Å². The van der Waals surface area contributed by atoms with E-state index in [-0.39, 0.29) is 30.1 Å². The lowest BCUT2D eigenvalue weighted by molar-refractivity contribution is -0.384. The molecule has 2 amide bonds. The number of nitrogens with zero attached hydrogens (tertiary/aromatic N) is 2. The van der Waals surface area contributed by atoms with Gasteiger partial charge in [-0.05, 0) is 32.8 Å². The molecule has 1 saturated heterocycles. The molecule has 0 atom stereocenters. The van der Waals surface area contributed by atoms with E-state index in [0.717, 1.165) is 0 Å². The molecule has 158 valence electrons. The molecule has 2 N–H and O–H groups in total. The number of benzene rings is 1. The largest absolute Gasteiger partial charge is 0.455 e. The van der Waals surface area contributed by atoms with E-state index in [4.69, 9.17) is 4.74 Å². The number of anilines is 1. The number of para-hydroxylation sites is 2. The van der Waals surface area contributed by atoms with E-state index in [1.807, 2.05) is 18.7 Å². The SMILES string of the molecule is CC(C)NC(=O)CNC(=O)COC(=O)C1CCN(c2ccccc2[N+](=O)[O-])CC1. The zero-order valence-corrected chi connectivity index (χ0v) is 16.6. The quantitative estimate of drug-likeness (QED) is 0.374. The Labute approximate surface area is 168 Å². The number of nitro groups is 1. The van der Waals surface area contributed by atoms with Crippen LogP contribution in [0.1, 0.15) is 26.7 Å². The van der Waals surface area contributed by atoms with Crippen LogP contribution in [-0.2, 0) is 19.1 Å². The molecule has 1 aromatic rings. The van der Waals surface area contributed by atoms with Gasteiger partial charge in [-0.15, -0.1) is 0 Å². The van der Waals surface area contributed by atoms with E-state index in [1.54, 1.807) is 18.2 Å². The molecule has 0 aliphatic carbocycles. The number of carbonyl (C=O) groups excluding carboxylic acids is 3. The maximum absolute atomic E-state index is 12.2. The predicted octanol–water partition coefficient (Wildman–Crippen LogP) is 0.995. The van der Waals surface area contributed by atoms with Crippen LogP contribution in [0.15, 0.2) is 24.3 Å². The second kappa shape index (κ2) is 10.4. The number of nitro benzene ring substituents is 1. The molecule has 1 fully saturated rings. The van der Waals surface area contributed by atoms with Crippen LogP contribution >= 0.6 is 0 Å². The summed E-state index contributed by atoms with van der Waals surface area (Å²) >= 11 is 0. The molecule has 1 aromatic carbocycles. The number of amides is 2. The maximum Gasteiger partial charge on any atom is 0.309 e. The first-order chi connectivity index (χ1) is 13.8. The van der Waals surface area contributed by atoms with Crippen LogP contribution in [-0.4, -0.2) is 55.0 Å². The molecule has 0 radical (unpaired) electrons. The number of rotatable bonds is 8. The summed E-state index contributed by atoms with van der Waals surface area (Å²) in [4.78, 5) is 48.0. The van der Waals surface area contributed by atoms with Crippen molar-refractivity contribution in [2.45, 2.75) is 32.7 Å². The number of hydrogen-bond donors (Lipinski definition) is 2. The molecule has 1 aliphatic rings. The highest BCUT2D eigenvalue weighted by Gasteiger charge is 2.29. The fourth-order valence-corrected chi connectivity index (χ4v) is 3.10. The van der Waals surface area contributed by atoms with Crippen molar-refractivity contribution in [1.29, 1.82) is 0 Å². The molecule has 0 bridgehead atoms. The van der Waals surface area contributed by atoms with Crippen LogP contribution in [0.25, 0.3) is 0 Å². The molecule has 1 aliphatic heterocycles. The van der Waals surface area contributed by atoms with Gasteiger partial charge in [0.05, 0.1) is 17.4 Å². The van der Waals surface area contributed by atoms with Crippen molar-refractivity contribution in [3.63, 3.8) is 0 Å². The van der Waals surface area contributed by atoms with Crippen molar-refractivity contribution in [1.82, 2.24) is 10.6 Å². The molecule has 0 unspecified atom stereocenters. The maximum atomic E-state index is 12.2. The molecule has 0 spiro atoms. The summed E-state index contributed by atoms with van der Waals surface area (Å²) in [5.41, 5.74) is 0.565. The smallest absolute Gasteiger partial charge is 0.309 e. The lowest BCUT2D eigenvalue weighted by atomic mass is 9.96. The molecule has 0 saturated carbocycles. The monoisotopic (exact) mass is 406 g/mol. The van der Waals surface area contributed by atoms with Gasteiger partial charge in [0.1, 0.15) is 5.69 Å². The number of carbonyl (C=O) groups is 3. The van der Waals surface area contributed by atoms with Crippen LogP contribution in [0.3, 0.4) is 0 Å². The Hall–Kier alpha value is -3.17. The van der Waals surface area contributed by atoms with Crippen LogP contribution in [0.5, 0.6) is 0 Å². The normalized spacial score (nSPS) is 14.4. The van der Waals surface area contributed by atoms with Gasteiger partial charge in [-0.25, -0.2) is 0 Å². The number of ether oxygens (including phenoxy) is 1. The summed E-state index contributed by atoms with van der Waals surface area (Å²) in [6.07, 6.45) is 0.951. The zero-order chi connectivity index (χ0) is 21.4. The molecular formula is C19H26N4O6. The van der Waals surface area contributed by atoms with Gasteiger partial charge in [-0.1, -0.05) is 12.1 Å². The van der Waals surface area contributed by atoms with Gasteiger partial charge in [0, 0.05) is 25.2 Å². The van der Waals surface area contributed by atoms with Gasteiger partial charge in [0.15, 0.2) is 6.61 Å². The zero-order valence-electron chi connectivity index (χ0n) is 16.6. The van der Waals surface area contributed by atoms with E-state index in [0.29, 0.717) is 31.6 Å². The molecule has 29 heavy (non-hydrogen) atoms. The summed E-state index contributed by atoms with van der Waals surface area (Å²) in [7, 11) is 0. The third kappa shape index (κ3) is 6.74. The third-order valence-electron chi connectivity index (χ3n) is 4.49. The number of piperidine rings is 1. The van der Waals surface area contributed by atoms with E-state index in [1.165, 1.54) is 6.07 Å². The lowest BCUT2D eigenvalue weighted by Crippen LogP contribution is -2.41. The Bertz CT molecular complexity index is 759. The average molecular weight is 406 g/mol. The standard InChI is InChI=1S/C19H26N4O6/c1-13(2)21-17(24)11-20-18(25)12-29-19(26)14-7-9-22(10-8-14)15-5-3-4-6-16(15)23(27)28/h3-6,13-14H,7-12H2,1-2H3,(H,20,25)(H,21,24). The van der Waals surface area contributed by atoms with E-state index in [9.17, 15) is 24.5 Å². The minimum Gasteiger partial charge on any atom is -0.455 e. The van der Waals surface area contributed by atoms with Gasteiger partial charge in [0.25, 0.3) is 11.6 Å². The Kier molecular flexibility index (Phi) is 7.93. The highest BCUT2D eigenvalue weighted by atomic mass is 16.6. The average Bonchev–Trinajstić information content (AvgIpc) is 2.70. The van der Waals surface area contributed by atoms with Gasteiger partial charge in [-0.3, -0.25) is 24.5 Å². The summed E-state index contributed by atoms with van der Waals surface area (Å²) in [5, 5.41) is 16.2. The molecule has 2 rings (SSSR count). The van der Waals surface area contributed by atoms with Crippen LogP contribution in [0.2, 0.25) is 0 Å². The predicted molar refractivity (Wildman–Crippen MR) is 105 cm³/mol. The Morgan fingerprint density at radius 3 is 2.48 bits per heavy atom. The third-order valence-corrected chi connectivity index (χ3v) is 4.49. The number of hydrogen-bond acceptors (Lipinski definition) is 7. The van der Waals surface area contributed by atoms with E-state index >= 15 is 0 Å². The van der Waals surface area contributed by atoms with Gasteiger partial charge >= 0.3 is 5.97 Å². The first-order valence-electron chi connectivity index (χ1n) is 9.49. The van der Waals surface area contributed by atoms with E-state index < -0.39 is 23.4 Å². The minimum absolute atomic E-state index is 0.0274. The molecular weight excluding hydrogens is 380 g/mol. The second-order valence-corrected chi connectivity index (χ2v) is 7.11. The van der Waals surface area contributed by atoms with Gasteiger partial charge in [0.2, 0.25) is 5.91 Å². The van der Waals surface area contributed by atoms with Crippen LogP contribution < -0.4 is 15.5 Å². The lowest BCUT2D eigenvalue weighted by Gasteiger charge is -2.32. The fraction of sp³-hybridized carbons (Fsp3) is 0.526. The summed E-state index contributed by atoms with van der Waals surface area (Å²) in [6, 6.07) is 6.47. The summed E-state index contributed by atoms with van der Waals surface area (Å²) in [5.74, 6) is -1.71. The molecule has 10 nitrogen and oxygen atoms in total. The molecule has 0 aromatic heterocycles. The Morgan fingerprint density at radius 2 is 1.86 bits per heavy atom. The fourth-order valence-electron chi connectivity index (χ4n) is 3.10. The summed E-state index contributed by atoms with van der Waals surface area (Å²) in [6.45, 7) is 3.95. The summed E-state index contributed by atoms with van der Waals surface area (Å²) < 4.78 is 5.05. The molecule has 10 heteroatoms. The highest BCUT2D eigenvalue weighted by molar-refractivity contribution is 5.86. The van der Waals surface area contributed by atoms with E-state index in [2.05, 4.69) is 10.6 Å². The number of esters is 1. The van der Waals surface area contributed by atoms with Crippen LogP contribution in [0.4, 0.5) is 11.4 Å². The van der Waals surface area contributed by atoms with Crippen molar-refractivity contribution >= 4 is 29.2 Å². The highest BCUT2D eigenvalue weighted by Crippen LogP contribution is 2.31. The van der Waals surface area contributed by atoms with Crippen molar-refractivity contribution in [2.24, 2.45) is 5.92 Å². The van der Waals surface area contributed by atoms with Gasteiger partial charge < -0.3 is 20.3 Å². The first-order valence-corrected chi connectivity index (χ1v) is 9.49. The first kappa shape index (κ1) is 22.1. The molecule has 1 heterocycles. The Balaban J connectivity index is 1.75. The van der Waals surface area contributed by atoms with Crippen LogP contribution in [0, 0.1) is 16.0 Å². The van der Waals surface area contributed by atoms with Crippen molar-refractivity contribution in [3.05, 3.63) is 34.4 Å². The Morgan fingerprint density at radius 1 is 1.21 bits per heavy atom. The minimum atomic E-state index is -0.547.